The molecule has 2 fully saturated rings. The first kappa shape index (κ1) is 18.4. The summed E-state index contributed by atoms with van der Waals surface area (Å²) in [6, 6.07) is 16.8. The Morgan fingerprint density at radius 1 is 1.04 bits per heavy atom. The van der Waals surface area contributed by atoms with E-state index >= 15 is 0 Å². The van der Waals surface area contributed by atoms with E-state index in [2.05, 4.69) is 35.2 Å². The van der Waals surface area contributed by atoms with E-state index in [1.807, 2.05) is 6.07 Å². The van der Waals surface area contributed by atoms with Gasteiger partial charge in [0.15, 0.2) is 0 Å². The van der Waals surface area contributed by atoms with E-state index in [4.69, 9.17) is 0 Å². The van der Waals surface area contributed by atoms with Crippen molar-refractivity contribution in [2.45, 2.75) is 64.1 Å². The molecule has 0 aliphatic carbocycles. The van der Waals surface area contributed by atoms with Crippen LogP contribution in [-0.2, 0) is 17.8 Å². The summed E-state index contributed by atoms with van der Waals surface area (Å²) in [7, 11) is 0. The lowest BCUT2D eigenvalue weighted by Crippen LogP contribution is -2.52. The summed E-state index contributed by atoms with van der Waals surface area (Å²) < 4.78 is 13.8. The highest BCUT2D eigenvalue weighted by atomic mass is 19.1. The highest BCUT2D eigenvalue weighted by molar-refractivity contribution is 5.83. The fourth-order valence-electron chi connectivity index (χ4n) is 4.89. The average molecular weight is 365 g/mol. The number of carbonyl (C=O) groups is 1. The number of hydrogen-bond donors (Lipinski definition) is 0. The van der Waals surface area contributed by atoms with Crippen LogP contribution in [0.1, 0.15) is 48.8 Å². The third-order valence-corrected chi connectivity index (χ3v) is 6.40. The molecule has 2 aromatic rings. The van der Waals surface area contributed by atoms with Gasteiger partial charge in [-0.25, -0.2) is 4.39 Å². The van der Waals surface area contributed by atoms with Gasteiger partial charge in [0.05, 0.1) is 0 Å². The summed E-state index contributed by atoms with van der Waals surface area (Å²) >= 11 is 0. The first-order chi connectivity index (χ1) is 13.1. The number of benzene rings is 2. The highest BCUT2D eigenvalue weighted by Crippen LogP contribution is 2.38. The van der Waals surface area contributed by atoms with Gasteiger partial charge in [0.2, 0.25) is 0 Å². The minimum Gasteiger partial charge on any atom is -0.299 e. The van der Waals surface area contributed by atoms with Crippen molar-refractivity contribution in [3.63, 3.8) is 0 Å². The lowest BCUT2D eigenvalue weighted by atomic mass is 9.75. The van der Waals surface area contributed by atoms with Crippen molar-refractivity contribution in [3.05, 3.63) is 71.0 Å². The van der Waals surface area contributed by atoms with Crippen LogP contribution in [-0.4, -0.2) is 22.8 Å². The number of fused-ring (bicyclic) bond motifs is 2. The van der Waals surface area contributed by atoms with Gasteiger partial charge in [-0.3, -0.25) is 9.69 Å². The van der Waals surface area contributed by atoms with Crippen LogP contribution >= 0.6 is 0 Å². The molecule has 2 heterocycles. The van der Waals surface area contributed by atoms with Crippen molar-refractivity contribution < 1.29 is 9.18 Å². The zero-order chi connectivity index (χ0) is 18.8. The molecule has 2 atom stereocenters. The summed E-state index contributed by atoms with van der Waals surface area (Å²) in [4.78, 5) is 15.6. The van der Waals surface area contributed by atoms with Crippen LogP contribution in [0, 0.1) is 18.7 Å². The predicted octanol–water partition coefficient (Wildman–Crippen LogP) is 5.08. The van der Waals surface area contributed by atoms with Crippen molar-refractivity contribution in [1.29, 1.82) is 0 Å². The Hall–Kier alpha value is -2.00. The van der Waals surface area contributed by atoms with Crippen molar-refractivity contribution >= 4 is 5.78 Å². The Balaban J connectivity index is 1.43. The maximum Gasteiger partial charge on any atom is 0.140 e. The maximum absolute atomic E-state index is 13.8. The van der Waals surface area contributed by atoms with E-state index in [9.17, 15) is 9.18 Å². The second kappa shape index (κ2) is 7.93. The lowest BCUT2D eigenvalue weighted by molar-refractivity contribution is -0.126. The van der Waals surface area contributed by atoms with Gasteiger partial charge in [0.1, 0.15) is 11.6 Å². The second-order valence-corrected chi connectivity index (χ2v) is 8.29. The highest BCUT2D eigenvalue weighted by Gasteiger charge is 2.40. The third-order valence-electron chi connectivity index (χ3n) is 6.40. The Morgan fingerprint density at radius 2 is 1.74 bits per heavy atom. The molecule has 2 aliphatic rings. The lowest BCUT2D eigenvalue weighted by Gasteiger charge is -2.48. The quantitative estimate of drug-likeness (QED) is 0.736. The van der Waals surface area contributed by atoms with Gasteiger partial charge in [-0.1, -0.05) is 48.9 Å². The van der Waals surface area contributed by atoms with Gasteiger partial charge >= 0.3 is 0 Å². The first-order valence-electron chi connectivity index (χ1n) is 10.2. The van der Waals surface area contributed by atoms with Crippen LogP contribution in [0.25, 0.3) is 0 Å². The van der Waals surface area contributed by atoms with Crippen LogP contribution < -0.4 is 0 Å². The molecule has 27 heavy (non-hydrogen) atoms. The Labute approximate surface area is 161 Å². The van der Waals surface area contributed by atoms with Gasteiger partial charge in [-0.2, -0.15) is 0 Å². The molecule has 2 aromatic carbocycles. The topological polar surface area (TPSA) is 20.3 Å². The normalized spacial score (nSPS) is 25.3. The van der Waals surface area contributed by atoms with Crippen LogP contribution in [0.4, 0.5) is 4.39 Å². The molecule has 2 nitrogen and oxygen atoms in total. The number of hydrogen-bond acceptors (Lipinski definition) is 2. The largest absolute Gasteiger partial charge is 0.299 e. The molecular formula is C24H28FNO. The first-order valence-corrected chi connectivity index (χ1v) is 10.2. The predicted molar refractivity (Wildman–Crippen MR) is 106 cm³/mol. The summed E-state index contributed by atoms with van der Waals surface area (Å²) in [6.45, 7) is 2.74. The van der Waals surface area contributed by atoms with E-state index < -0.39 is 0 Å². The molecule has 0 aromatic heterocycles. The SMILES string of the molecule is Cc1ccc(CC(=O)C2CC3CCCC(C2)N3Cc2ccccc2)cc1F. The molecule has 2 unspecified atom stereocenters. The zero-order valence-corrected chi connectivity index (χ0v) is 16.0. The number of nitrogens with zero attached hydrogens (tertiary/aromatic N) is 1. The minimum absolute atomic E-state index is 0.122. The Morgan fingerprint density at radius 3 is 2.41 bits per heavy atom. The smallest absolute Gasteiger partial charge is 0.140 e. The fraction of sp³-hybridized carbons (Fsp3) is 0.458. The number of rotatable bonds is 5. The van der Waals surface area contributed by atoms with Gasteiger partial charge in [-0.05, 0) is 55.4 Å². The summed E-state index contributed by atoms with van der Waals surface area (Å²) in [5.41, 5.74) is 2.80. The molecule has 0 radical (unpaired) electrons. The molecule has 0 amide bonds. The van der Waals surface area contributed by atoms with E-state index in [0.717, 1.165) is 24.9 Å². The van der Waals surface area contributed by atoms with Gasteiger partial charge in [0, 0.05) is 31.0 Å². The Kier molecular flexibility index (Phi) is 5.40. The molecule has 4 rings (SSSR count). The van der Waals surface area contributed by atoms with E-state index in [1.54, 1.807) is 13.0 Å². The summed E-state index contributed by atoms with van der Waals surface area (Å²) in [6.07, 6.45) is 5.91. The standard InChI is InChI=1S/C24H28FNO/c1-17-10-11-19(12-23(17)25)13-24(27)20-14-21-8-5-9-22(15-20)26(21)16-18-6-3-2-4-7-18/h2-4,6-7,10-12,20-22H,5,8-9,13-16H2,1H3. The number of Topliss-reactive ketones (excluding diaryl/α,β-unsaturated/α-hetero) is 1. The van der Waals surface area contributed by atoms with Crippen molar-refractivity contribution in [2.24, 2.45) is 5.92 Å². The van der Waals surface area contributed by atoms with E-state index in [1.165, 1.54) is 30.9 Å². The Bertz CT molecular complexity index is 789. The molecular weight excluding hydrogens is 337 g/mol. The van der Waals surface area contributed by atoms with Crippen molar-refractivity contribution in [2.75, 3.05) is 0 Å². The third kappa shape index (κ3) is 4.14. The average Bonchev–Trinajstić information content (AvgIpc) is 2.65. The van der Waals surface area contributed by atoms with Gasteiger partial charge < -0.3 is 0 Å². The van der Waals surface area contributed by atoms with Crippen molar-refractivity contribution in [3.8, 4) is 0 Å². The number of halogens is 1. The van der Waals surface area contributed by atoms with Crippen LogP contribution in [0.5, 0.6) is 0 Å². The maximum atomic E-state index is 13.8. The van der Waals surface area contributed by atoms with Crippen LogP contribution in [0.2, 0.25) is 0 Å². The van der Waals surface area contributed by atoms with E-state index in [0.29, 0.717) is 24.1 Å². The number of carbonyl (C=O) groups excluding carboxylic acids is 1. The number of piperidine rings is 2. The number of aryl methyl sites for hydroxylation is 1. The second-order valence-electron chi connectivity index (χ2n) is 8.29. The van der Waals surface area contributed by atoms with Crippen LogP contribution in [0.15, 0.2) is 48.5 Å². The molecule has 2 aliphatic heterocycles. The monoisotopic (exact) mass is 365 g/mol. The zero-order valence-electron chi connectivity index (χ0n) is 16.0. The molecule has 0 N–H and O–H groups in total. The summed E-state index contributed by atoms with van der Waals surface area (Å²) in [5, 5.41) is 0. The molecule has 2 bridgehead atoms. The van der Waals surface area contributed by atoms with E-state index in [-0.39, 0.29) is 17.5 Å². The van der Waals surface area contributed by atoms with Gasteiger partial charge in [0.25, 0.3) is 0 Å². The molecule has 0 spiro atoms. The molecule has 2 saturated heterocycles. The summed E-state index contributed by atoms with van der Waals surface area (Å²) in [5.74, 6) is 0.195. The van der Waals surface area contributed by atoms with Crippen LogP contribution in [0.3, 0.4) is 0 Å². The fourth-order valence-corrected chi connectivity index (χ4v) is 4.89. The molecule has 3 heteroatoms. The molecule has 142 valence electrons. The number of ketones is 1. The minimum atomic E-state index is -0.213. The van der Waals surface area contributed by atoms with Crippen molar-refractivity contribution in [1.82, 2.24) is 4.90 Å². The van der Waals surface area contributed by atoms with Gasteiger partial charge in [-0.15, -0.1) is 0 Å². The molecule has 0 saturated carbocycles.